The molecule has 0 aliphatic heterocycles. The fourth-order valence-electron chi connectivity index (χ4n) is 2.14. The zero-order valence-corrected chi connectivity index (χ0v) is 10.2. The van der Waals surface area contributed by atoms with Gasteiger partial charge in [-0.2, -0.15) is 0 Å². The fraction of sp³-hybridized carbons (Fsp3) is 0.333. The molecule has 1 aliphatic rings. The zero-order valence-electron chi connectivity index (χ0n) is 10.2. The van der Waals surface area contributed by atoms with Gasteiger partial charge in [0.05, 0.1) is 5.56 Å². The van der Waals surface area contributed by atoms with E-state index in [4.69, 9.17) is 4.74 Å². The molecule has 0 radical (unpaired) electrons. The molecule has 18 heavy (non-hydrogen) atoms. The van der Waals surface area contributed by atoms with Gasteiger partial charge in [-0.3, -0.25) is 4.79 Å². The van der Waals surface area contributed by atoms with Crippen LogP contribution >= 0.6 is 0 Å². The Morgan fingerprint density at radius 1 is 1.17 bits per heavy atom. The average Bonchev–Trinajstić information content (AvgIpc) is 2.42. The minimum absolute atomic E-state index is 0.0264. The molecule has 2 rings (SSSR count). The number of hydrogen-bond acceptors (Lipinski definition) is 3. The van der Waals surface area contributed by atoms with Crippen LogP contribution in [0.15, 0.2) is 42.0 Å². The summed E-state index contributed by atoms with van der Waals surface area (Å²) in [6.45, 7) is 0. The van der Waals surface area contributed by atoms with Gasteiger partial charge in [-0.25, -0.2) is 4.79 Å². The lowest BCUT2D eigenvalue weighted by molar-refractivity contribution is -0.104. The summed E-state index contributed by atoms with van der Waals surface area (Å²) in [5, 5.41) is 0. The van der Waals surface area contributed by atoms with Crippen molar-refractivity contribution in [2.24, 2.45) is 0 Å². The zero-order chi connectivity index (χ0) is 12.8. The van der Waals surface area contributed by atoms with Crippen LogP contribution in [0.5, 0.6) is 0 Å². The van der Waals surface area contributed by atoms with E-state index in [0.29, 0.717) is 5.56 Å². The van der Waals surface area contributed by atoms with Gasteiger partial charge in [-0.1, -0.05) is 23.8 Å². The third-order valence-electron chi connectivity index (χ3n) is 3.16. The van der Waals surface area contributed by atoms with E-state index in [1.165, 1.54) is 0 Å². The molecule has 0 N–H and O–H groups in total. The number of ether oxygens (including phenoxy) is 1. The topological polar surface area (TPSA) is 43.4 Å². The van der Waals surface area contributed by atoms with Crippen molar-refractivity contribution < 1.29 is 14.3 Å². The predicted octanol–water partition coefficient (Wildman–Crippen LogP) is 2.91. The molecule has 3 nitrogen and oxygen atoms in total. The van der Waals surface area contributed by atoms with Gasteiger partial charge in [0.25, 0.3) is 0 Å². The van der Waals surface area contributed by atoms with E-state index < -0.39 is 0 Å². The molecule has 0 atom stereocenters. The third kappa shape index (κ3) is 3.29. The van der Waals surface area contributed by atoms with E-state index in [-0.39, 0.29) is 12.1 Å². The third-order valence-corrected chi connectivity index (χ3v) is 3.16. The number of rotatable bonds is 3. The molecular formula is C15H16O3. The maximum absolute atomic E-state index is 11.8. The Balaban J connectivity index is 1.87. The Hall–Kier alpha value is -1.90. The Morgan fingerprint density at radius 3 is 2.44 bits per heavy atom. The smallest absolute Gasteiger partial charge is 0.338 e. The molecule has 1 fully saturated rings. The van der Waals surface area contributed by atoms with Gasteiger partial charge in [0, 0.05) is 0 Å². The van der Waals surface area contributed by atoms with Crippen LogP contribution in [-0.4, -0.2) is 18.4 Å². The van der Waals surface area contributed by atoms with E-state index >= 15 is 0 Å². The second-order valence-electron chi connectivity index (χ2n) is 4.43. The molecule has 0 amide bonds. The second kappa shape index (κ2) is 6.15. The van der Waals surface area contributed by atoms with Gasteiger partial charge in [0.2, 0.25) is 0 Å². The first kappa shape index (κ1) is 12.6. The van der Waals surface area contributed by atoms with Crippen LogP contribution in [0, 0.1) is 0 Å². The van der Waals surface area contributed by atoms with Gasteiger partial charge in [0.15, 0.2) is 0 Å². The maximum Gasteiger partial charge on any atom is 0.338 e. The van der Waals surface area contributed by atoms with Gasteiger partial charge >= 0.3 is 5.97 Å². The van der Waals surface area contributed by atoms with E-state index in [0.717, 1.165) is 37.5 Å². The van der Waals surface area contributed by atoms with Crippen LogP contribution in [0.2, 0.25) is 0 Å². The summed E-state index contributed by atoms with van der Waals surface area (Å²) in [4.78, 5) is 22.2. The molecule has 0 aromatic heterocycles. The number of esters is 1. The van der Waals surface area contributed by atoms with E-state index in [1.54, 1.807) is 18.2 Å². The quantitative estimate of drug-likeness (QED) is 0.466. The monoisotopic (exact) mass is 244 g/mol. The summed E-state index contributed by atoms with van der Waals surface area (Å²) < 4.78 is 5.45. The molecule has 1 aliphatic carbocycles. The van der Waals surface area contributed by atoms with Crippen LogP contribution < -0.4 is 0 Å². The fourth-order valence-corrected chi connectivity index (χ4v) is 2.14. The van der Waals surface area contributed by atoms with Gasteiger partial charge in [-0.05, 0) is 43.9 Å². The minimum Gasteiger partial charge on any atom is -0.459 e. The Bertz CT molecular complexity index is 438. The number of benzene rings is 1. The van der Waals surface area contributed by atoms with E-state index in [9.17, 15) is 9.59 Å². The van der Waals surface area contributed by atoms with Crippen molar-refractivity contribution in [3.63, 3.8) is 0 Å². The number of aldehydes is 1. The molecule has 0 unspecified atom stereocenters. The first-order valence-electron chi connectivity index (χ1n) is 6.19. The highest BCUT2D eigenvalue weighted by molar-refractivity contribution is 5.89. The summed E-state index contributed by atoms with van der Waals surface area (Å²) in [6, 6.07) is 9.02. The summed E-state index contributed by atoms with van der Waals surface area (Å²) in [5.74, 6) is -0.261. The number of carbonyl (C=O) groups is 2. The van der Waals surface area contributed by atoms with Crippen LogP contribution in [-0.2, 0) is 9.53 Å². The molecule has 0 heterocycles. The highest BCUT2D eigenvalue weighted by Crippen LogP contribution is 2.25. The van der Waals surface area contributed by atoms with Crippen molar-refractivity contribution in [2.75, 3.05) is 0 Å². The van der Waals surface area contributed by atoms with E-state index in [2.05, 4.69) is 0 Å². The highest BCUT2D eigenvalue weighted by atomic mass is 16.5. The number of carbonyl (C=O) groups excluding carboxylic acids is 2. The molecule has 1 saturated carbocycles. The Kier molecular flexibility index (Phi) is 4.29. The molecule has 0 saturated heterocycles. The SMILES string of the molecule is O=CC=C1CCC(OC(=O)c2ccccc2)CC1. The van der Waals surface area contributed by atoms with Gasteiger partial charge in [0.1, 0.15) is 12.4 Å². The first-order valence-corrected chi connectivity index (χ1v) is 6.19. The molecule has 94 valence electrons. The van der Waals surface area contributed by atoms with Crippen LogP contribution in [0.3, 0.4) is 0 Å². The summed E-state index contributed by atoms with van der Waals surface area (Å²) in [6.07, 6.45) is 5.70. The summed E-state index contributed by atoms with van der Waals surface area (Å²) in [5.41, 5.74) is 1.74. The minimum atomic E-state index is -0.261. The lowest BCUT2D eigenvalue weighted by Gasteiger charge is -2.23. The summed E-state index contributed by atoms with van der Waals surface area (Å²) in [7, 11) is 0. The molecule has 0 spiro atoms. The van der Waals surface area contributed by atoms with Crippen molar-refractivity contribution in [1.82, 2.24) is 0 Å². The number of hydrogen-bond donors (Lipinski definition) is 0. The molecule has 1 aromatic rings. The average molecular weight is 244 g/mol. The number of allylic oxidation sites excluding steroid dienone is 2. The Labute approximate surface area is 106 Å². The molecule has 3 heteroatoms. The van der Waals surface area contributed by atoms with Crippen molar-refractivity contribution in [3.8, 4) is 0 Å². The van der Waals surface area contributed by atoms with Crippen LogP contribution in [0.1, 0.15) is 36.0 Å². The Morgan fingerprint density at radius 2 is 1.83 bits per heavy atom. The standard InChI is InChI=1S/C15H16O3/c16-11-10-12-6-8-14(9-7-12)18-15(17)13-4-2-1-3-5-13/h1-5,10-11,14H,6-9H2. The molecule has 0 bridgehead atoms. The molecular weight excluding hydrogens is 228 g/mol. The van der Waals surface area contributed by atoms with Crippen molar-refractivity contribution in [3.05, 3.63) is 47.5 Å². The van der Waals surface area contributed by atoms with Gasteiger partial charge in [-0.15, -0.1) is 0 Å². The van der Waals surface area contributed by atoms with E-state index in [1.807, 2.05) is 18.2 Å². The summed E-state index contributed by atoms with van der Waals surface area (Å²) >= 11 is 0. The van der Waals surface area contributed by atoms with Crippen LogP contribution in [0.25, 0.3) is 0 Å². The lowest BCUT2D eigenvalue weighted by Crippen LogP contribution is -2.21. The van der Waals surface area contributed by atoms with Gasteiger partial charge < -0.3 is 4.74 Å². The maximum atomic E-state index is 11.8. The van der Waals surface area contributed by atoms with Crippen LogP contribution in [0.4, 0.5) is 0 Å². The predicted molar refractivity (Wildman–Crippen MR) is 68.3 cm³/mol. The van der Waals surface area contributed by atoms with Crippen molar-refractivity contribution in [1.29, 1.82) is 0 Å². The first-order chi connectivity index (χ1) is 8.79. The lowest BCUT2D eigenvalue weighted by atomic mass is 9.92. The molecule has 1 aromatic carbocycles. The largest absolute Gasteiger partial charge is 0.459 e. The van der Waals surface area contributed by atoms with Crippen molar-refractivity contribution >= 4 is 12.3 Å². The normalized spacial score (nSPS) is 19.1. The second-order valence-corrected chi connectivity index (χ2v) is 4.43. The van der Waals surface area contributed by atoms with Crippen molar-refractivity contribution in [2.45, 2.75) is 31.8 Å². The highest BCUT2D eigenvalue weighted by Gasteiger charge is 2.20.